The van der Waals surface area contributed by atoms with Crippen molar-refractivity contribution in [2.24, 2.45) is 7.05 Å². The lowest BCUT2D eigenvalue weighted by molar-refractivity contribution is 0.467. The second kappa shape index (κ2) is 5.44. The van der Waals surface area contributed by atoms with E-state index in [1.807, 2.05) is 54.9 Å². The molecule has 0 amide bonds. The highest BCUT2D eigenvalue weighted by Crippen LogP contribution is 2.23. The molecule has 5 nitrogen and oxygen atoms in total. The summed E-state index contributed by atoms with van der Waals surface area (Å²) in [7, 11) is 1.93. The Morgan fingerprint density at radius 2 is 1.90 bits per heavy atom. The Hall–Kier alpha value is -2.56. The molecule has 1 aromatic carbocycles. The third-order valence-corrected chi connectivity index (χ3v) is 3.43. The van der Waals surface area contributed by atoms with Crippen LogP contribution >= 0.6 is 0 Å². The molecule has 1 N–H and O–H groups in total. The standard InChI is InChI=1S/C16H18N4O/c1-11-4-9-15(21-11)12(2)18-14-7-5-13(6-8-14)16-19-17-10-20(16)3/h4-10,12,18H,1-3H3. The van der Waals surface area contributed by atoms with Crippen LogP contribution in [0.2, 0.25) is 0 Å². The van der Waals surface area contributed by atoms with Crippen molar-refractivity contribution in [1.29, 1.82) is 0 Å². The summed E-state index contributed by atoms with van der Waals surface area (Å²) in [5.41, 5.74) is 2.09. The SMILES string of the molecule is Cc1ccc(C(C)Nc2ccc(-c3nncn3C)cc2)o1. The van der Waals surface area contributed by atoms with Gasteiger partial charge in [-0.3, -0.25) is 0 Å². The molecule has 0 fully saturated rings. The normalized spacial score (nSPS) is 12.3. The molecule has 0 saturated heterocycles. The zero-order valence-electron chi connectivity index (χ0n) is 12.4. The Balaban J connectivity index is 1.74. The van der Waals surface area contributed by atoms with E-state index in [1.54, 1.807) is 6.33 Å². The lowest BCUT2D eigenvalue weighted by Crippen LogP contribution is -2.05. The van der Waals surface area contributed by atoms with Crippen LogP contribution in [-0.2, 0) is 7.05 Å². The van der Waals surface area contributed by atoms with Crippen molar-refractivity contribution in [2.45, 2.75) is 19.9 Å². The Bertz CT molecular complexity index is 727. The predicted molar refractivity (Wildman–Crippen MR) is 81.9 cm³/mol. The summed E-state index contributed by atoms with van der Waals surface area (Å²) in [6.07, 6.45) is 1.70. The molecule has 3 aromatic rings. The Labute approximate surface area is 123 Å². The fraction of sp³-hybridized carbons (Fsp3) is 0.250. The van der Waals surface area contributed by atoms with Crippen molar-refractivity contribution in [3.05, 3.63) is 54.2 Å². The van der Waals surface area contributed by atoms with Gasteiger partial charge >= 0.3 is 0 Å². The quantitative estimate of drug-likeness (QED) is 0.795. The molecule has 0 radical (unpaired) electrons. The van der Waals surface area contributed by atoms with E-state index in [0.717, 1.165) is 28.6 Å². The first-order chi connectivity index (χ1) is 10.1. The van der Waals surface area contributed by atoms with Gasteiger partial charge in [0.25, 0.3) is 0 Å². The maximum atomic E-state index is 5.63. The number of aromatic nitrogens is 3. The molecular weight excluding hydrogens is 264 g/mol. The van der Waals surface area contributed by atoms with Crippen LogP contribution in [0.1, 0.15) is 24.5 Å². The Morgan fingerprint density at radius 3 is 2.48 bits per heavy atom. The lowest BCUT2D eigenvalue weighted by atomic mass is 10.1. The van der Waals surface area contributed by atoms with Crippen LogP contribution in [0.4, 0.5) is 5.69 Å². The van der Waals surface area contributed by atoms with E-state index in [2.05, 4.69) is 22.4 Å². The zero-order valence-corrected chi connectivity index (χ0v) is 12.4. The van der Waals surface area contributed by atoms with Gasteiger partial charge in [-0.25, -0.2) is 0 Å². The van der Waals surface area contributed by atoms with Gasteiger partial charge in [-0.1, -0.05) is 0 Å². The summed E-state index contributed by atoms with van der Waals surface area (Å²) < 4.78 is 7.53. The minimum Gasteiger partial charge on any atom is -0.464 e. The van der Waals surface area contributed by atoms with Gasteiger partial charge in [-0.2, -0.15) is 0 Å². The number of hydrogen-bond acceptors (Lipinski definition) is 4. The number of anilines is 1. The second-order valence-electron chi connectivity index (χ2n) is 5.16. The van der Waals surface area contributed by atoms with E-state index in [4.69, 9.17) is 4.42 Å². The highest BCUT2D eigenvalue weighted by molar-refractivity contribution is 5.60. The molecule has 0 saturated carbocycles. The minimum atomic E-state index is 0.124. The molecule has 0 aliphatic heterocycles. The number of benzene rings is 1. The van der Waals surface area contributed by atoms with E-state index < -0.39 is 0 Å². The van der Waals surface area contributed by atoms with Crippen LogP contribution in [0.3, 0.4) is 0 Å². The largest absolute Gasteiger partial charge is 0.464 e. The number of rotatable bonds is 4. The second-order valence-corrected chi connectivity index (χ2v) is 5.16. The first-order valence-electron chi connectivity index (χ1n) is 6.91. The van der Waals surface area contributed by atoms with Crippen LogP contribution in [0.25, 0.3) is 11.4 Å². The summed E-state index contributed by atoms with van der Waals surface area (Å²) in [4.78, 5) is 0. The smallest absolute Gasteiger partial charge is 0.163 e. The summed E-state index contributed by atoms with van der Waals surface area (Å²) in [6, 6.07) is 12.2. The molecule has 1 unspecified atom stereocenters. The molecule has 2 heterocycles. The van der Waals surface area contributed by atoms with Crippen molar-refractivity contribution in [3.8, 4) is 11.4 Å². The number of nitrogens with zero attached hydrogens (tertiary/aromatic N) is 3. The van der Waals surface area contributed by atoms with E-state index >= 15 is 0 Å². The molecule has 0 aliphatic carbocycles. The maximum absolute atomic E-state index is 5.63. The van der Waals surface area contributed by atoms with Crippen LogP contribution in [0.15, 0.2) is 47.1 Å². The summed E-state index contributed by atoms with van der Waals surface area (Å²) in [6.45, 7) is 4.03. The third kappa shape index (κ3) is 2.81. The van der Waals surface area contributed by atoms with Gasteiger partial charge in [0, 0.05) is 18.3 Å². The zero-order chi connectivity index (χ0) is 14.8. The van der Waals surface area contributed by atoms with Crippen LogP contribution in [0.5, 0.6) is 0 Å². The lowest BCUT2D eigenvalue weighted by Gasteiger charge is -2.13. The average Bonchev–Trinajstić information content (AvgIpc) is 3.08. The van der Waals surface area contributed by atoms with Gasteiger partial charge < -0.3 is 14.3 Å². The number of aryl methyl sites for hydroxylation is 2. The molecule has 2 aromatic heterocycles. The fourth-order valence-corrected chi connectivity index (χ4v) is 2.27. The van der Waals surface area contributed by atoms with Crippen molar-refractivity contribution in [3.63, 3.8) is 0 Å². The van der Waals surface area contributed by atoms with Gasteiger partial charge in [0.1, 0.15) is 17.8 Å². The van der Waals surface area contributed by atoms with Crippen molar-refractivity contribution < 1.29 is 4.42 Å². The fourth-order valence-electron chi connectivity index (χ4n) is 2.27. The molecule has 5 heteroatoms. The van der Waals surface area contributed by atoms with Crippen LogP contribution in [0, 0.1) is 6.92 Å². The van der Waals surface area contributed by atoms with E-state index in [0.29, 0.717) is 0 Å². The van der Waals surface area contributed by atoms with Gasteiger partial charge in [0.05, 0.1) is 6.04 Å². The molecule has 0 bridgehead atoms. The Morgan fingerprint density at radius 1 is 1.14 bits per heavy atom. The molecule has 21 heavy (non-hydrogen) atoms. The first-order valence-corrected chi connectivity index (χ1v) is 6.91. The molecular formula is C16H18N4O. The van der Waals surface area contributed by atoms with Crippen LogP contribution < -0.4 is 5.32 Å². The average molecular weight is 282 g/mol. The highest BCUT2D eigenvalue weighted by Gasteiger charge is 2.10. The first kappa shape index (κ1) is 13.4. The van der Waals surface area contributed by atoms with E-state index in [1.165, 1.54) is 0 Å². The van der Waals surface area contributed by atoms with Gasteiger partial charge in [0.15, 0.2) is 5.82 Å². The number of furan rings is 1. The van der Waals surface area contributed by atoms with Crippen molar-refractivity contribution in [2.75, 3.05) is 5.32 Å². The topological polar surface area (TPSA) is 55.9 Å². The summed E-state index contributed by atoms with van der Waals surface area (Å²) >= 11 is 0. The monoisotopic (exact) mass is 282 g/mol. The number of nitrogens with one attached hydrogen (secondary N) is 1. The van der Waals surface area contributed by atoms with Crippen LogP contribution in [-0.4, -0.2) is 14.8 Å². The van der Waals surface area contributed by atoms with Crippen molar-refractivity contribution in [1.82, 2.24) is 14.8 Å². The molecule has 0 aliphatic rings. The molecule has 1 atom stereocenters. The predicted octanol–water partition coefficient (Wildman–Crippen LogP) is 3.56. The van der Waals surface area contributed by atoms with Gasteiger partial charge in [-0.05, 0) is 50.2 Å². The van der Waals surface area contributed by atoms with Gasteiger partial charge in [0.2, 0.25) is 0 Å². The summed E-state index contributed by atoms with van der Waals surface area (Å²) in [5, 5.41) is 11.4. The van der Waals surface area contributed by atoms with E-state index in [9.17, 15) is 0 Å². The number of hydrogen-bond donors (Lipinski definition) is 1. The van der Waals surface area contributed by atoms with Crippen molar-refractivity contribution >= 4 is 5.69 Å². The molecule has 108 valence electrons. The highest BCUT2D eigenvalue weighted by atomic mass is 16.3. The molecule has 3 rings (SSSR count). The minimum absolute atomic E-state index is 0.124. The van der Waals surface area contributed by atoms with E-state index in [-0.39, 0.29) is 6.04 Å². The van der Waals surface area contributed by atoms with Gasteiger partial charge in [-0.15, -0.1) is 10.2 Å². The Kier molecular flexibility index (Phi) is 3.48. The third-order valence-electron chi connectivity index (χ3n) is 3.43. The molecule has 0 spiro atoms. The maximum Gasteiger partial charge on any atom is 0.163 e. The summed E-state index contributed by atoms with van der Waals surface area (Å²) in [5.74, 6) is 2.72.